The Morgan fingerprint density at radius 2 is 2.03 bits per heavy atom. The van der Waals surface area contributed by atoms with Crippen LogP contribution in [-0.4, -0.2) is 23.6 Å². The first-order valence-electron chi connectivity index (χ1n) is 9.13. The lowest BCUT2D eigenvalue weighted by atomic mass is 10.1. The van der Waals surface area contributed by atoms with E-state index in [1.807, 2.05) is 22.8 Å². The molecule has 6 nitrogen and oxygen atoms in total. The molecule has 0 fully saturated rings. The third-order valence-corrected chi connectivity index (χ3v) is 6.30. The lowest BCUT2D eigenvalue weighted by Crippen LogP contribution is -2.23. The highest BCUT2D eigenvalue weighted by Gasteiger charge is 2.20. The van der Waals surface area contributed by atoms with E-state index in [9.17, 15) is 14.4 Å². The maximum Gasteiger partial charge on any atom is 0.348 e. The highest BCUT2D eigenvalue weighted by molar-refractivity contribution is 7.20. The minimum Gasteiger partial charge on any atom is -0.465 e. The topological polar surface area (TPSA) is 77.4 Å². The molecule has 0 saturated carbocycles. The largest absolute Gasteiger partial charge is 0.465 e. The fourth-order valence-electron chi connectivity index (χ4n) is 3.84. The molecule has 0 spiro atoms. The number of nitrogens with one attached hydrogen (secondary N) is 1. The van der Waals surface area contributed by atoms with Gasteiger partial charge in [-0.3, -0.25) is 9.59 Å². The molecule has 1 aliphatic heterocycles. The average Bonchev–Trinajstić information content (AvgIpc) is 3.34. The highest BCUT2D eigenvalue weighted by Crippen LogP contribution is 2.29. The van der Waals surface area contributed by atoms with E-state index in [2.05, 4.69) is 5.32 Å². The summed E-state index contributed by atoms with van der Waals surface area (Å²) in [6.07, 6.45) is 2.51. The summed E-state index contributed by atoms with van der Waals surface area (Å²) >= 11 is 1.33. The Hall–Kier alpha value is -3.45. The van der Waals surface area contributed by atoms with E-state index in [1.54, 1.807) is 30.5 Å². The molecule has 1 amide bonds. The van der Waals surface area contributed by atoms with Gasteiger partial charge in [-0.15, -0.1) is 11.3 Å². The molecule has 0 atom stereocenters. The number of anilines is 1. The fourth-order valence-corrected chi connectivity index (χ4v) is 4.80. The van der Waals surface area contributed by atoms with Gasteiger partial charge in [0.25, 0.3) is 5.91 Å². The summed E-state index contributed by atoms with van der Waals surface area (Å²) in [6.45, 7) is 0.758. The molecular weight excluding hydrogens is 388 g/mol. The van der Waals surface area contributed by atoms with Crippen LogP contribution < -0.4 is 10.7 Å². The van der Waals surface area contributed by atoms with Crippen molar-refractivity contribution in [2.45, 2.75) is 13.0 Å². The van der Waals surface area contributed by atoms with Crippen molar-refractivity contribution in [3.05, 3.63) is 74.9 Å². The number of ether oxygens (including phenoxy) is 1. The standard InChI is InChI=1S/C22H16N2O4S/c1-28-22(27)18-10-13-9-14(5-6-17(13)29-18)23-21(26)16-11-24-8-7-12-3-2-4-15(19(12)24)20(16)25/h2-6,9-11H,7-8H2,1H3,(H,23,26). The highest BCUT2D eigenvalue weighted by atomic mass is 32.1. The van der Waals surface area contributed by atoms with Crippen LogP contribution in [0.15, 0.2) is 53.5 Å². The van der Waals surface area contributed by atoms with Crippen LogP contribution in [0.5, 0.6) is 0 Å². The van der Waals surface area contributed by atoms with Gasteiger partial charge in [0, 0.05) is 28.5 Å². The van der Waals surface area contributed by atoms with E-state index in [1.165, 1.54) is 18.4 Å². The number of carbonyl (C=O) groups is 2. The van der Waals surface area contributed by atoms with Gasteiger partial charge < -0.3 is 14.6 Å². The molecule has 0 saturated heterocycles. The van der Waals surface area contributed by atoms with E-state index in [0.717, 1.165) is 34.1 Å². The van der Waals surface area contributed by atoms with Crippen molar-refractivity contribution in [2.75, 3.05) is 12.4 Å². The van der Waals surface area contributed by atoms with E-state index in [4.69, 9.17) is 4.74 Å². The number of aryl methyl sites for hydroxylation is 2. The van der Waals surface area contributed by atoms with Gasteiger partial charge in [0.15, 0.2) is 0 Å². The van der Waals surface area contributed by atoms with Crippen molar-refractivity contribution in [3.63, 3.8) is 0 Å². The van der Waals surface area contributed by atoms with E-state index in [-0.39, 0.29) is 11.0 Å². The number of fused-ring (bicyclic) bond motifs is 1. The first-order chi connectivity index (χ1) is 14.0. The van der Waals surface area contributed by atoms with Crippen LogP contribution >= 0.6 is 11.3 Å². The Morgan fingerprint density at radius 3 is 2.86 bits per heavy atom. The van der Waals surface area contributed by atoms with E-state index < -0.39 is 11.9 Å². The molecule has 5 rings (SSSR count). The number of esters is 1. The van der Waals surface area contributed by atoms with Gasteiger partial charge in [0.2, 0.25) is 5.43 Å². The van der Waals surface area contributed by atoms with Gasteiger partial charge in [-0.25, -0.2) is 4.79 Å². The zero-order valence-electron chi connectivity index (χ0n) is 15.5. The number of methoxy groups -OCH3 is 1. The number of hydrogen-bond acceptors (Lipinski definition) is 5. The normalized spacial score (nSPS) is 12.4. The number of rotatable bonds is 3. The summed E-state index contributed by atoms with van der Waals surface area (Å²) in [5.41, 5.74) is 2.48. The van der Waals surface area contributed by atoms with Crippen LogP contribution in [0, 0.1) is 0 Å². The molecule has 2 aromatic heterocycles. The maximum absolute atomic E-state index is 12.9. The Bertz CT molecular complexity index is 1380. The molecule has 3 heterocycles. The fraction of sp³-hybridized carbons (Fsp3) is 0.136. The molecule has 0 radical (unpaired) electrons. The first-order valence-corrected chi connectivity index (χ1v) is 9.95. The number of hydrogen-bond donors (Lipinski definition) is 1. The second-order valence-electron chi connectivity index (χ2n) is 6.94. The smallest absolute Gasteiger partial charge is 0.348 e. The summed E-state index contributed by atoms with van der Waals surface area (Å²) in [7, 11) is 1.34. The summed E-state index contributed by atoms with van der Waals surface area (Å²) in [5.74, 6) is -0.834. The summed E-state index contributed by atoms with van der Waals surface area (Å²) in [4.78, 5) is 38.0. The summed E-state index contributed by atoms with van der Waals surface area (Å²) in [6, 6.07) is 12.8. The van der Waals surface area contributed by atoms with Gasteiger partial charge in [0.1, 0.15) is 10.4 Å². The maximum atomic E-state index is 12.9. The van der Waals surface area contributed by atoms with Crippen molar-refractivity contribution in [1.29, 1.82) is 0 Å². The quantitative estimate of drug-likeness (QED) is 0.527. The number of aromatic nitrogens is 1. The van der Waals surface area contributed by atoms with Gasteiger partial charge in [-0.05, 0) is 47.7 Å². The summed E-state index contributed by atoms with van der Waals surface area (Å²) in [5, 5.41) is 4.21. The molecule has 7 heteroatoms. The molecule has 29 heavy (non-hydrogen) atoms. The Balaban J connectivity index is 1.50. The number of amides is 1. The minimum atomic E-state index is -0.444. The number of nitrogens with zero attached hydrogens (tertiary/aromatic N) is 1. The van der Waals surface area contributed by atoms with E-state index in [0.29, 0.717) is 16.0 Å². The zero-order valence-corrected chi connectivity index (χ0v) is 16.3. The van der Waals surface area contributed by atoms with Crippen molar-refractivity contribution in [1.82, 2.24) is 4.57 Å². The molecule has 144 valence electrons. The van der Waals surface area contributed by atoms with E-state index >= 15 is 0 Å². The second-order valence-corrected chi connectivity index (χ2v) is 8.02. The van der Waals surface area contributed by atoms with Gasteiger partial charge >= 0.3 is 5.97 Å². The Labute approximate surface area is 169 Å². The Morgan fingerprint density at radius 1 is 1.17 bits per heavy atom. The third kappa shape index (κ3) is 2.82. The number of benzene rings is 2. The molecule has 0 aliphatic carbocycles. The van der Waals surface area contributed by atoms with Crippen LogP contribution in [0.1, 0.15) is 25.6 Å². The van der Waals surface area contributed by atoms with Crippen LogP contribution in [0.2, 0.25) is 0 Å². The van der Waals surface area contributed by atoms with Crippen LogP contribution in [0.4, 0.5) is 5.69 Å². The van der Waals surface area contributed by atoms with Crippen LogP contribution in [-0.2, 0) is 17.7 Å². The van der Waals surface area contributed by atoms with Crippen LogP contribution in [0.3, 0.4) is 0 Å². The molecule has 0 unspecified atom stereocenters. The number of pyridine rings is 1. The minimum absolute atomic E-state index is 0.122. The first kappa shape index (κ1) is 17.6. The zero-order chi connectivity index (χ0) is 20.1. The number of carbonyl (C=O) groups excluding carboxylic acids is 2. The molecule has 2 aromatic carbocycles. The lowest BCUT2D eigenvalue weighted by molar-refractivity contribution is 0.0606. The number of para-hydroxylation sites is 1. The molecule has 1 N–H and O–H groups in total. The number of thiophene rings is 1. The third-order valence-electron chi connectivity index (χ3n) is 5.21. The van der Waals surface area contributed by atoms with Crippen molar-refractivity contribution >= 4 is 49.9 Å². The monoisotopic (exact) mass is 404 g/mol. The van der Waals surface area contributed by atoms with Gasteiger partial charge in [-0.2, -0.15) is 0 Å². The predicted octanol–water partition coefficient (Wildman–Crippen LogP) is 3.81. The van der Waals surface area contributed by atoms with Crippen molar-refractivity contribution in [2.24, 2.45) is 0 Å². The molecule has 0 bridgehead atoms. The Kier molecular flexibility index (Phi) is 3.99. The molecule has 1 aliphatic rings. The summed E-state index contributed by atoms with van der Waals surface area (Å²) < 4.78 is 7.65. The van der Waals surface area contributed by atoms with Gasteiger partial charge in [-0.1, -0.05) is 12.1 Å². The van der Waals surface area contributed by atoms with Crippen LogP contribution in [0.25, 0.3) is 21.0 Å². The average molecular weight is 404 g/mol. The molecular formula is C22H16N2O4S. The van der Waals surface area contributed by atoms with Gasteiger partial charge in [0.05, 0.1) is 12.6 Å². The SMILES string of the molecule is COC(=O)c1cc2cc(NC(=O)c3cn4c5c(cccc5c3=O)CC4)ccc2s1. The van der Waals surface area contributed by atoms with Crippen molar-refractivity contribution < 1.29 is 14.3 Å². The van der Waals surface area contributed by atoms with Crippen molar-refractivity contribution in [3.8, 4) is 0 Å². The predicted molar refractivity (Wildman–Crippen MR) is 113 cm³/mol. The molecule has 4 aromatic rings. The second kappa shape index (κ2) is 6.56. The lowest BCUT2D eigenvalue weighted by Gasteiger charge is -2.09.